The molecule has 0 aliphatic carbocycles. The molecule has 274 valence electrons. The van der Waals surface area contributed by atoms with Crippen LogP contribution in [0.2, 0.25) is 0 Å². The minimum absolute atomic E-state index is 0. The van der Waals surface area contributed by atoms with Gasteiger partial charge in [0.15, 0.2) is 0 Å². The van der Waals surface area contributed by atoms with E-state index in [1.807, 2.05) is 36.6 Å². The van der Waals surface area contributed by atoms with E-state index < -0.39 is 35.8 Å². The largest absolute Gasteiger partial charge is 0.507 e. The zero-order valence-corrected chi connectivity index (χ0v) is 30.5. The highest BCUT2D eigenvalue weighted by Gasteiger charge is 2.26. The zero-order valence-electron chi connectivity index (χ0n) is 28.9. The Kier molecular flexibility index (Phi) is 22.2. The van der Waals surface area contributed by atoms with Gasteiger partial charge in [-0.2, -0.15) is 11.8 Å². The predicted molar refractivity (Wildman–Crippen MR) is 195 cm³/mol. The number of phenolic OH excluding ortho intramolecular Hbond substituents is 1. The van der Waals surface area contributed by atoms with Gasteiger partial charge in [0.2, 0.25) is 23.6 Å². The molecule has 15 heteroatoms. The quantitative estimate of drug-likeness (QED) is 0.0874. The third kappa shape index (κ3) is 16.3. The van der Waals surface area contributed by atoms with Crippen LogP contribution in [0, 0.1) is 13.8 Å². The van der Waals surface area contributed by atoms with Gasteiger partial charge in [0.1, 0.15) is 23.9 Å². The number of rotatable bonds is 20. The van der Waals surface area contributed by atoms with Crippen molar-refractivity contribution in [2.75, 3.05) is 37.5 Å². The van der Waals surface area contributed by atoms with E-state index in [9.17, 15) is 29.1 Å². The Morgan fingerprint density at radius 3 is 2.20 bits per heavy atom. The van der Waals surface area contributed by atoms with Crippen molar-refractivity contribution in [2.45, 2.75) is 77.4 Å². The summed E-state index contributed by atoms with van der Waals surface area (Å²) in [6.07, 6.45) is 4.85. The molecule has 0 spiro atoms. The molecule has 8 N–H and O–H groups in total. The Morgan fingerprint density at radius 2 is 1.55 bits per heavy atom. The van der Waals surface area contributed by atoms with E-state index in [1.165, 1.54) is 18.9 Å². The van der Waals surface area contributed by atoms with E-state index in [0.29, 0.717) is 49.2 Å². The Bertz CT molecular complexity index is 1350. The molecule has 0 heterocycles. The first-order valence-corrected chi connectivity index (χ1v) is 17.2. The number of benzene rings is 2. The van der Waals surface area contributed by atoms with Gasteiger partial charge >= 0.3 is 5.97 Å². The van der Waals surface area contributed by atoms with Gasteiger partial charge in [-0.3, -0.25) is 24.0 Å². The fourth-order valence-electron chi connectivity index (χ4n) is 4.69. The van der Waals surface area contributed by atoms with Crippen LogP contribution < -0.4 is 26.6 Å². The summed E-state index contributed by atoms with van der Waals surface area (Å²) >= 11 is 1.52. The van der Waals surface area contributed by atoms with Gasteiger partial charge in [-0.05, 0) is 69.2 Å². The van der Waals surface area contributed by atoms with Crippen LogP contribution in [-0.4, -0.2) is 90.5 Å². The van der Waals surface area contributed by atoms with Crippen LogP contribution in [0.25, 0.3) is 0 Å². The number of esters is 1. The number of amides is 4. The molecular formula is C34H52ClN5O8S. The lowest BCUT2D eigenvalue weighted by Gasteiger charge is -2.23. The third-order valence-corrected chi connectivity index (χ3v) is 8.23. The third-order valence-electron chi connectivity index (χ3n) is 7.58. The first kappa shape index (κ1) is 45.0. The number of aryl methyl sites for hydroxylation is 1. The maximum absolute atomic E-state index is 13.1. The van der Waals surface area contributed by atoms with Gasteiger partial charge in [0, 0.05) is 30.6 Å². The van der Waals surface area contributed by atoms with Crippen molar-refractivity contribution in [3.63, 3.8) is 0 Å². The smallest absolute Gasteiger partial charge is 0.305 e. The van der Waals surface area contributed by atoms with Crippen LogP contribution in [0.4, 0.5) is 5.69 Å². The van der Waals surface area contributed by atoms with Gasteiger partial charge in [0.05, 0.1) is 13.7 Å². The van der Waals surface area contributed by atoms with Crippen molar-refractivity contribution in [3.8, 4) is 5.75 Å². The molecule has 1 unspecified atom stereocenters. The Hall–Kier alpha value is -4.01. The van der Waals surface area contributed by atoms with Gasteiger partial charge in [-0.25, -0.2) is 0 Å². The summed E-state index contributed by atoms with van der Waals surface area (Å²) < 4.78 is 4.64. The average molecular weight is 726 g/mol. The SMILES string of the molecule is COC(=O)CCCCCNC(=O)[C@H](Cc1ccccc1)NC(=O)CNC(=O)[C@@H](CCSC)NC(=O)C(C)Nc1ccc(C)c(O)c1C.Cl.O. The highest BCUT2D eigenvalue weighted by Crippen LogP contribution is 2.28. The second kappa shape index (κ2) is 24.2. The fraction of sp³-hybridized carbons (Fsp3) is 0.500. The number of aromatic hydroxyl groups is 1. The number of nitrogens with one attached hydrogen (secondary N) is 5. The van der Waals surface area contributed by atoms with Crippen LogP contribution >= 0.6 is 24.2 Å². The molecule has 0 aromatic heterocycles. The molecule has 0 fully saturated rings. The number of hydrogen-bond acceptors (Lipinski definition) is 9. The number of phenols is 1. The number of thioether (sulfide) groups is 1. The van der Waals surface area contributed by atoms with Gasteiger partial charge in [-0.1, -0.05) is 42.8 Å². The summed E-state index contributed by atoms with van der Waals surface area (Å²) in [5, 5.41) is 24.3. The molecular weight excluding hydrogens is 674 g/mol. The van der Waals surface area contributed by atoms with E-state index in [0.717, 1.165) is 17.5 Å². The van der Waals surface area contributed by atoms with Gasteiger partial charge in [-0.15, -0.1) is 12.4 Å². The summed E-state index contributed by atoms with van der Waals surface area (Å²) in [5.74, 6) is -1.37. The topological polar surface area (TPSA) is 206 Å². The molecule has 0 aliphatic heterocycles. The summed E-state index contributed by atoms with van der Waals surface area (Å²) in [4.78, 5) is 63.4. The molecule has 49 heavy (non-hydrogen) atoms. The number of carbonyl (C=O) groups excluding carboxylic acids is 5. The number of ether oxygens (including phenoxy) is 1. The Morgan fingerprint density at radius 1 is 0.878 bits per heavy atom. The van der Waals surface area contributed by atoms with Crippen LogP contribution in [0.5, 0.6) is 5.75 Å². The molecule has 0 saturated heterocycles. The van der Waals surface area contributed by atoms with E-state index >= 15 is 0 Å². The minimum atomic E-state index is -0.887. The van der Waals surface area contributed by atoms with Crippen molar-refractivity contribution in [1.82, 2.24) is 21.3 Å². The van der Waals surface area contributed by atoms with Gasteiger partial charge < -0.3 is 41.9 Å². The average Bonchev–Trinajstić information content (AvgIpc) is 3.06. The van der Waals surface area contributed by atoms with Crippen LogP contribution in [-0.2, 0) is 35.1 Å². The monoisotopic (exact) mass is 725 g/mol. The second-order valence-corrected chi connectivity index (χ2v) is 12.3. The van der Waals surface area contributed by atoms with Crippen molar-refractivity contribution in [1.29, 1.82) is 0 Å². The van der Waals surface area contributed by atoms with Crippen molar-refractivity contribution < 1.29 is 39.3 Å². The van der Waals surface area contributed by atoms with Crippen LogP contribution in [0.3, 0.4) is 0 Å². The minimum Gasteiger partial charge on any atom is -0.507 e. The molecule has 2 aromatic rings. The highest BCUT2D eigenvalue weighted by atomic mass is 35.5. The number of unbranched alkanes of at least 4 members (excludes halogenated alkanes) is 2. The first-order chi connectivity index (χ1) is 22.5. The molecule has 0 aliphatic rings. The maximum atomic E-state index is 13.1. The Labute approximate surface area is 299 Å². The summed E-state index contributed by atoms with van der Waals surface area (Å²) in [6, 6.07) is 10.3. The number of halogens is 1. The standard InChI is InChI=1S/C34H49N5O7S.ClH.H2O/c1-22-15-16-26(23(2)31(22)42)37-24(3)32(43)39-27(17-19-47-5)33(44)36-21-29(40)38-28(20-25-12-8-6-9-13-25)34(45)35-18-11-7-10-14-30(41)46-4;;/h6,8-9,12-13,15-16,24,27-28,37,42H,7,10-11,14,17-21H2,1-5H3,(H,35,45)(H,36,44)(H,38,40)(H,39,43);1H;1H2/t24?,27-,28+;;/m1../s1. The van der Waals surface area contributed by atoms with Crippen LogP contribution in [0.1, 0.15) is 55.7 Å². The summed E-state index contributed by atoms with van der Waals surface area (Å²) in [5.41, 5.74) is 2.79. The molecule has 3 atom stereocenters. The van der Waals surface area contributed by atoms with Crippen molar-refractivity contribution in [3.05, 3.63) is 59.2 Å². The molecule has 0 radical (unpaired) electrons. The molecule has 4 amide bonds. The zero-order chi connectivity index (χ0) is 34.8. The molecule has 0 bridgehead atoms. The van der Waals surface area contributed by atoms with E-state index in [4.69, 9.17) is 0 Å². The highest BCUT2D eigenvalue weighted by molar-refractivity contribution is 7.98. The number of anilines is 1. The van der Waals surface area contributed by atoms with Crippen molar-refractivity contribution in [2.24, 2.45) is 0 Å². The van der Waals surface area contributed by atoms with E-state index in [2.05, 4.69) is 31.3 Å². The van der Waals surface area contributed by atoms with Crippen molar-refractivity contribution >= 4 is 59.5 Å². The lowest BCUT2D eigenvalue weighted by molar-refractivity contribution is -0.140. The lowest BCUT2D eigenvalue weighted by atomic mass is 10.0. The van der Waals surface area contributed by atoms with E-state index in [-0.39, 0.29) is 48.5 Å². The molecule has 13 nitrogen and oxygen atoms in total. The Balaban J connectivity index is 0.0000115. The molecule has 2 rings (SSSR count). The summed E-state index contributed by atoms with van der Waals surface area (Å²) in [6.45, 7) is 5.19. The fourth-order valence-corrected chi connectivity index (χ4v) is 5.17. The maximum Gasteiger partial charge on any atom is 0.305 e. The van der Waals surface area contributed by atoms with Crippen LogP contribution in [0.15, 0.2) is 42.5 Å². The molecule has 2 aromatic carbocycles. The second-order valence-electron chi connectivity index (χ2n) is 11.3. The lowest BCUT2D eigenvalue weighted by Crippen LogP contribution is -2.54. The molecule has 0 saturated carbocycles. The normalized spacial score (nSPS) is 12.1. The first-order valence-electron chi connectivity index (χ1n) is 15.8. The number of hydrogen-bond donors (Lipinski definition) is 6. The van der Waals surface area contributed by atoms with E-state index in [1.54, 1.807) is 32.9 Å². The summed E-state index contributed by atoms with van der Waals surface area (Å²) in [7, 11) is 1.35. The number of carbonyl (C=O) groups is 5. The van der Waals surface area contributed by atoms with Gasteiger partial charge in [0.25, 0.3) is 0 Å². The predicted octanol–water partition coefficient (Wildman–Crippen LogP) is 2.34. The number of methoxy groups -OCH3 is 1.